The largest absolute Gasteiger partial charge is 0.496 e. The van der Waals surface area contributed by atoms with Crippen LogP contribution in [0.25, 0.3) is 11.1 Å². The van der Waals surface area contributed by atoms with E-state index in [0.29, 0.717) is 60.6 Å². The molecule has 0 saturated carbocycles. The molecular formula is C27H24N2O4. The highest BCUT2D eigenvalue weighted by Crippen LogP contribution is 2.36. The molecule has 1 aliphatic heterocycles. The molecule has 3 aromatic carbocycles. The Morgan fingerprint density at radius 1 is 0.727 bits per heavy atom. The summed E-state index contributed by atoms with van der Waals surface area (Å²) in [6, 6.07) is 20.1. The number of rotatable bonds is 3. The highest BCUT2D eigenvalue weighted by Gasteiger charge is 2.29. The van der Waals surface area contributed by atoms with Gasteiger partial charge in [0, 0.05) is 42.9 Å². The molecule has 0 bridgehead atoms. The SMILES string of the molecule is COc1ccccc1C(=O)N1CCCN(C(=O)c2ccc3c(c2)C(=O)c2ccccc2-3)CC1. The molecule has 0 N–H and O–H groups in total. The van der Waals surface area contributed by atoms with Crippen LogP contribution in [0.2, 0.25) is 0 Å². The van der Waals surface area contributed by atoms with Crippen molar-refractivity contribution >= 4 is 17.6 Å². The standard InChI is InChI=1S/C27H24N2O4/c1-33-24-10-5-4-9-22(24)27(32)29-14-6-13-28(15-16-29)26(31)18-11-12-20-19-7-2-3-8-21(19)25(30)23(20)17-18/h2-5,7-12,17H,6,13-16H2,1H3. The van der Waals surface area contributed by atoms with Gasteiger partial charge >= 0.3 is 0 Å². The maximum absolute atomic E-state index is 13.3. The Labute approximate surface area is 192 Å². The van der Waals surface area contributed by atoms with Crippen molar-refractivity contribution in [1.82, 2.24) is 9.80 Å². The van der Waals surface area contributed by atoms with E-state index in [1.165, 1.54) is 0 Å². The molecule has 33 heavy (non-hydrogen) atoms. The van der Waals surface area contributed by atoms with E-state index in [4.69, 9.17) is 4.74 Å². The number of benzene rings is 3. The third-order valence-corrected chi connectivity index (χ3v) is 6.38. The van der Waals surface area contributed by atoms with E-state index in [1.54, 1.807) is 41.2 Å². The molecule has 0 unspecified atom stereocenters. The van der Waals surface area contributed by atoms with Crippen molar-refractivity contribution in [3.63, 3.8) is 0 Å². The number of methoxy groups -OCH3 is 1. The van der Waals surface area contributed by atoms with Crippen LogP contribution in [-0.4, -0.2) is 60.7 Å². The van der Waals surface area contributed by atoms with Gasteiger partial charge in [-0.2, -0.15) is 0 Å². The van der Waals surface area contributed by atoms with E-state index in [0.717, 1.165) is 11.1 Å². The smallest absolute Gasteiger partial charge is 0.257 e. The van der Waals surface area contributed by atoms with E-state index >= 15 is 0 Å². The lowest BCUT2D eigenvalue weighted by atomic mass is 10.0. The van der Waals surface area contributed by atoms with Gasteiger partial charge in [-0.15, -0.1) is 0 Å². The van der Waals surface area contributed by atoms with Crippen molar-refractivity contribution in [3.05, 3.63) is 89.0 Å². The van der Waals surface area contributed by atoms with E-state index in [2.05, 4.69) is 0 Å². The molecule has 2 amide bonds. The van der Waals surface area contributed by atoms with Crippen LogP contribution in [0.5, 0.6) is 5.75 Å². The normalized spacial score (nSPS) is 15.0. The fourth-order valence-corrected chi connectivity index (χ4v) is 4.66. The fraction of sp³-hybridized carbons (Fsp3) is 0.222. The van der Waals surface area contributed by atoms with Gasteiger partial charge in [0.15, 0.2) is 5.78 Å². The van der Waals surface area contributed by atoms with Crippen LogP contribution in [0.4, 0.5) is 0 Å². The van der Waals surface area contributed by atoms with Gasteiger partial charge in [-0.3, -0.25) is 14.4 Å². The van der Waals surface area contributed by atoms with Gasteiger partial charge in [-0.05, 0) is 41.8 Å². The molecule has 3 aromatic rings. The minimum Gasteiger partial charge on any atom is -0.496 e. The Kier molecular flexibility index (Phi) is 5.42. The van der Waals surface area contributed by atoms with Crippen LogP contribution < -0.4 is 4.74 Å². The van der Waals surface area contributed by atoms with Crippen LogP contribution in [0.3, 0.4) is 0 Å². The lowest BCUT2D eigenvalue weighted by Crippen LogP contribution is -2.37. The highest BCUT2D eigenvalue weighted by atomic mass is 16.5. The summed E-state index contributed by atoms with van der Waals surface area (Å²) in [5.74, 6) is 0.291. The van der Waals surface area contributed by atoms with Gasteiger partial charge in [-0.25, -0.2) is 0 Å². The number of para-hydroxylation sites is 1. The highest BCUT2D eigenvalue weighted by molar-refractivity contribution is 6.22. The Balaban J connectivity index is 1.32. The number of hydrogen-bond acceptors (Lipinski definition) is 4. The van der Waals surface area contributed by atoms with E-state index < -0.39 is 0 Å². The van der Waals surface area contributed by atoms with Crippen molar-refractivity contribution in [3.8, 4) is 16.9 Å². The average molecular weight is 440 g/mol. The number of hydrogen-bond donors (Lipinski definition) is 0. The number of carbonyl (C=O) groups is 3. The summed E-state index contributed by atoms with van der Waals surface area (Å²) < 4.78 is 5.33. The summed E-state index contributed by atoms with van der Waals surface area (Å²) in [7, 11) is 1.55. The van der Waals surface area contributed by atoms with Gasteiger partial charge in [0.2, 0.25) is 0 Å². The van der Waals surface area contributed by atoms with Crippen molar-refractivity contribution < 1.29 is 19.1 Å². The van der Waals surface area contributed by atoms with Crippen molar-refractivity contribution in [2.75, 3.05) is 33.3 Å². The summed E-state index contributed by atoms with van der Waals surface area (Å²) >= 11 is 0. The zero-order valence-corrected chi connectivity index (χ0v) is 18.4. The number of ether oxygens (including phenoxy) is 1. The Morgan fingerprint density at radius 2 is 1.36 bits per heavy atom. The molecule has 6 nitrogen and oxygen atoms in total. The maximum Gasteiger partial charge on any atom is 0.257 e. The van der Waals surface area contributed by atoms with Crippen LogP contribution >= 0.6 is 0 Å². The molecule has 1 saturated heterocycles. The molecule has 6 heteroatoms. The van der Waals surface area contributed by atoms with Gasteiger partial charge in [-0.1, -0.05) is 42.5 Å². The molecule has 2 aliphatic rings. The Hall–Kier alpha value is -3.93. The number of amides is 2. The molecular weight excluding hydrogens is 416 g/mol. The third-order valence-electron chi connectivity index (χ3n) is 6.38. The maximum atomic E-state index is 13.3. The van der Waals surface area contributed by atoms with Crippen molar-refractivity contribution in [2.24, 2.45) is 0 Å². The predicted octanol–water partition coefficient (Wildman–Crippen LogP) is 3.89. The summed E-state index contributed by atoms with van der Waals surface area (Å²) in [6.45, 7) is 2.00. The van der Waals surface area contributed by atoms with Crippen molar-refractivity contribution in [1.29, 1.82) is 0 Å². The molecule has 5 rings (SSSR count). The lowest BCUT2D eigenvalue weighted by Gasteiger charge is -2.23. The van der Waals surface area contributed by atoms with E-state index in [9.17, 15) is 14.4 Å². The molecule has 0 aromatic heterocycles. The first-order chi connectivity index (χ1) is 16.1. The van der Waals surface area contributed by atoms with Crippen LogP contribution in [0.15, 0.2) is 66.7 Å². The number of nitrogens with zero attached hydrogens (tertiary/aromatic N) is 2. The average Bonchev–Trinajstić information content (AvgIpc) is 3.01. The van der Waals surface area contributed by atoms with Crippen LogP contribution in [-0.2, 0) is 0 Å². The topological polar surface area (TPSA) is 66.9 Å². The second-order valence-corrected chi connectivity index (χ2v) is 8.27. The first-order valence-electron chi connectivity index (χ1n) is 11.1. The Morgan fingerprint density at radius 3 is 2.12 bits per heavy atom. The molecule has 166 valence electrons. The lowest BCUT2D eigenvalue weighted by molar-refractivity contribution is 0.0717. The quantitative estimate of drug-likeness (QED) is 0.485. The Bertz CT molecular complexity index is 1270. The van der Waals surface area contributed by atoms with Crippen LogP contribution in [0, 0.1) is 0 Å². The van der Waals surface area contributed by atoms with Crippen molar-refractivity contribution in [2.45, 2.75) is 6.42 Å². The monoisotopic (exact) mass is 440 g/mol. The minimum absolute atomic E-state index is 0.0419. The predicted molar refractivity (Wildman–Crippen MR) is 125 cm³/mol. The first-order valence-corrected chi connectivity index (χ1v) is 11.1. The summed E-state index contributed by atoms with van der Waals surface area (Å²) in [4.78, 5) is 42.7. The van der Waals surface area contributed by atoms with Gasteiger partial charge in [0.25, 0.3) is 11.8 Å². The zero-order chi connectivity index (χ0) is 22.9. The molecule has 0 atom stereocenters. The third kappa shape index (κ3) is 3.67. The van der Waals surface area contributed by atoms with E-state index in [1.807, 2.05) is 42.5 Å². The second kappa shape index (κ2) is 8.54. The number of ketones is 1. The molecule has 0 radical (unpaired) electrons. The first kappa shape index (κ1) is 20.9. The summed E-state index contributed by atoms with van der Waals surface area (Å²) in [5.41, 5.74) is 4.06. The molecule has 0 spiro atoms. The van der Waals surface area contributed by atoms with Gasteiger partial charge in [0.1, 0.15) is 5.75 Å². The number of fused-ring (bicyclic) bond motifs is 3. The fourth-order valence-electron chi connectivity index (χ4n) is 4.66. The minimum atomic E-state index is -0.117. The molecule has 1 fully saturated rings. The van der Waals surface area contributed by atoms with Gasteiger partial charge in [0.05, 0.1) is 12.7 Å². The zero-order valence-electron chi connectivity index (χ0n) is 18.4. The van der Waals surface area contributed by atoms with E-state index in [-0.39, 0.29) is 17.6 Å². The van der Waals surface area contributed by atoms with Crippen LogP contribution in [0.1, 0.15) is 43.1 Å². The summed E-state index contributed by atoms with van der Waals surface area (Å²) in [6.07, 6.45) is 0.682. The van der Waals surface area contributed by atoms with Gasteiger partial charge < -0.3 is 14.5 Å². The number of carbonyl (C=O) groups excluding carboxylic acids is 3. The summed E-state index contributed by atoms with van der Waals surface area (Å²) in [5, 5.41) is 0. The second-order valence-electron chi connectivity index (χ2n) is 8.27. The molecule has 1 aliphatic carbocycles. The molecule has 1 heterocycles.